The summed E-state index contributed by atoms with van der Waals surface area (Å²) in [5, 5.41) is 8.02. The molecule has 148 valence electrons. The van der Waals surface area contributed by atoms with Gasteiger partial charge in [-0.05, 0) is 43.2 Å². The average Bonchev–Trinajstić information content (AvgIpc) is 2.84. The zero-order chi connectivity index (χ0) is 21.0. The summed E-state index contributed by atoms with van der Waals surface area (Å²) in [6.45, 7) is 3.02. The zero-order valence-electron chi connectivity index (χ0n) is 14.4. The van der Waals surface area contributed by atoms with Crippen molar-refractivity contribution < 1.29 is 30.4 Å². The molecule has 0 aliphatic carbocycles. The number of nitrogens with two attached hydrogens (primary N) is 1. The van der Waals surface area contributed by atoms with Gasteiger partial charge < -0.3 is 0 Å². The molecule has 0 aliphatic rings. The summed E-state index contributed by atoms with van der Waals surface area (Å²) >= 11 is 0. The van der Waals surface area contributed by atoms with Crippen molar-refractivity contribution in [3.8, 4) is 16.9 Å². The molecule has 0 aliphatic heterocycles. The molecule has 1 aromatic heterocycles. The second-order valence-electron chi connectivity index (χ2n) is 6.09. The Labute approximate surface area is 156 Å². The van der Waals surface area contributed by atoms with E-state index in [0.29, 0.717) is 22.4 Å². The fourth-order valence-electron chi connectivity index (χ4n) is 2.85. The van der Waals surface area contributed by atoms with Crippen molar-refractivity contribution in [1.29, 1.82) is 0 Å². The molecular weight excluding hydrogens is 405 g/mol. The third-order valence-corrected chi connectivity index (χ3v) is 4.91. The van der Waals surface area contributed by atoms with Crippen LogP contribution in [-0.2, 0) is 10.0 Å². The van der Waals surface area contributed by atoms with Crippen LogP contribution in [-0.4, -0.2) is 18.2 Å². The number of aromatic nitrogens is 2. The highest BCUT2D eigenvalue weighted by Gasteiger charge is 2.27. The predicted molar refractivity (Wildman–Crippen MR) is 89.6 cm³/mol. The van der Waals surface area contributed by atoms with Crippen molar-refractivity contribution in [3.63, 3.8) is 0 Å². The van der Waals surface area contributed by atoms with E-state index >= 15 is 0 Å². The van der Waals surface area contributed by atoms with E-state index in [-0.39, 0.29) is 11.3 Å². The van der Waals surface area contributed by atoms with Crippen molar-refractivity contribution in [3.05, 3.63) is 64.6 Å². The average molecular weight is 417 g/mol. The van der Waals surface area contributed by atoms with Crippen LogP contribution in [0.4, 0.5) is 22.0 Å². The van der Waals surface area contributed by atoms with Crippen molar-refractivity contribution in [1.82, 2.24) is 9.78 Å². The largest absolute Gasteiger partial charge is 0.269 e. The van der Waals surface area contributed by atoms with Gasteiger partial charge in [-0.2, -0.15) is 8.78 Å². The lowest BCUT2D eigenvalue weighted by atomic mass is 10.1. The number of halogens is 5. The monoisotopic (exact) mass is 417 g/mol. The molecule has 5 nitrogen and oxygen atoms in total. The maximum atomic E-state index is 14.5. The smallest absolute Gasteiger partial charge is 0.224 e. The molecule has 0 unspecified atom stereocenters. The van der Waals surface area contributed by atoms with Crippen molar-refractivity contribution >= 4 is 10.0 Å². The SMILES string of the molecule is Cc1cc(C)c(F)c(-n2nc(F)c(F)c2-c2cc(F)c(S(N)(=O)=O)c(F)c2)c1. The lowest BCUT2D eigenvalue weighted by Gasteiger charge is -2.12. The van der Waals surface area contributed by atoms with Gasteiger partial charge >= 0.3 is 0 Å². The first-order valence-electron chi connectivity index (χ1n) is 7.65. The van der Waals surface area contributed by atoms with Gasteiger partial charge in [0.15, 0.2) is 10.7 Å². The van der Waals surface area contributed by atoms with Crippen LogP contribution in [0.3, 0.4) is 0 Å². The minimum atomic E-state index is -4.75. The van der Waals surface area contributed by atoms with Crippen LogP contribution in [0.2, 0.25) is 0 Å². The Kier molecular flexibility index (Phi) is 4.76. The maximum absolute atomic E-state index is 14.5. The summed E-state index contributed by atoms with van der Waals surface area (Å²) < 4.78 is 94.2. The van der Waals surface area contributed by atoms with Crippen molar-refractivity contribution in [2.75, 3.05) is 0 Å². The molecule has 0 saturated carbocycles. The molecule has 0 atom stereocenters. The molecule has 0 radical (unpaired) electrons. The minimum absolute atomic E-state index is 0.152. The summed E-state index contributed by atoms with van der Waals surface area (Å²) in [4.78, 5) is -1.43. The molecular formula is C17H12F5N3O2S. The molecule has 11 heteroatoms. The highest BCUT2D eigenvalue weighted by Crippen LogP contribution is 2.32. The van der Waals surface area contributed by atoms with Crippen LogP contribution < -0.4 is 5.14 Å². The number of primary sulfonamides is 1. The fraction of sp³-hybridized carbons (Fsp3) is 0.118. The van der Waals surface area contributed by atoms with E-state index in [0.717, 1.165) is 0 Å². The Hall–Kier alpha value is -2.79. The van der Waals surface area contributed by atoms with E-state index in [1.165, 1.54) is 19.1 Å². The summed E-state index contributed by atoms with van der Waals surface area (Å²) in [5.41, 5.74) is -1.06. The molecule has 0 amide bonds. The van der Waals surface area contributed by atoms with Crippen molar-refractivity contribution in [2.24, 2.45) is 5.14 Å². The summed E-state index contributed by atoms with van der Waals surface area (Å²) in [6, 6.07) is 3.61. The minimum Gasteiger partial charge on any atom is -0.224 e. The van der Waals surface area contributed by atoms with Gasteiger partial charge in [-0.3, -0.25) is 0 Å². The second-order valence-corrected chi connectivity index (χ2v) is 7.59. The molecule has 2 aromatic carbocycles. The summed E-state index contributed by atoms with van der Waals surface area (Å²) in [6.07, 6.45) is 0. The Morgan fingerprint density at radius 2 is 1.50 bits per heavy atom. The molecule has 3 aromatic rings. The topological polar surface area (TPSA) is 78.0 Å². The Balaban J connectivity index is 2.35. The Morgan fingerprint density at radius 3 is 2.04 bits per heavy atom. The quantitative estimate of drug-likeness (QED) is 0.663. The molecule has 0 bridgehead atoms. The van der Waals surface area contributed by atoms with Crippen LogP contribution in [0.25, 0.3) is 16.9 Å². The molecule has 0 spiro atoms. The van der Waals surface area contributed by atoms with Gasteiger partial charge in [-0.1, -0.05) is 6.07 Å². The van der Waals surface area contributed by atoms with E-state index < -0.39 is 55.4 Å². The van der Waals surface area contributed by atoms with E-state index in [2.05, 4.69) is 5.10 Å². The maximum Gasteiger partial charge on any atom is 0.269 e. The van der Waals surface area contributed by atoms with Crippen LogP contribution in [0.1, 0.15) is 11.1 Å². The van der Waals surface area contributed by atoms with E-state index in [9.17, 15) is 30.4 Å². The standard InChI is InChI=1S/C17H12F5N3O2S/c1-7-3-8(2)13(20)12(4-7)25-15(14(21)17(22)24-25)9-5-10(18)16(11(19)6-9)28(23,26)27/h3-6H,1-2H3,(H2,23,26,27). The predicted octanol–water partition coefficient (Wildman–Crippen LogP) is 3.50. The van der Waals surface area contributed by atoms with Crippen LogP contribution in [0.15, 0.2) is 29.2 Å². The van der Waals surface area contributed by atoms with Gasteiger partial charge in [-0.15, -0.1) is 5.10 Å². The molecule has 2 N–H and O–H groups in total. The second kappa shape index (κ2) is 6.67. The van der Waals surface area contributed by atoms with Gasteiger partial charge in [0.05, 0.1) is 0 Å². The van der Waals surface area contributed by atoms with Crippen molar-refractivity contribution in [2.45, 2.75) is 18.7 Å². The molecule has 28 heavy (non-hydrogen) atoms. The third-order valence-electron chi connectivity index (χ3n) is 3.95. The highest BCUT2D eigenvalue weighted by molar-refractivity contribution is 7.89. The van der Waals surface area contributed by atoms with Crippen LogP contribution >= 0.6 is 0 Å². The molecule has 0 saturated heterocycles. The number of aryl methyl sites for hydroxylation is 2. The Morgan fingerprint density at radius 1 is 0.929 bits per heavy atom. The van der Waals surface area contributed by atoms with E-state index in [1.54, 1.807) is 6.92 Å². The molecule has 3 rings (SSSR count). The van der Waals surface area contributed by atoms with Gasteiger partial charge in [-0.25, -0.2) is 31.4 Å². The summed E-state index contributed by atoms with van der Waals surface area (Å²) in [7, 11) is -4.75. The van der Waals surface area contributed by atoms with E-state index in [4.69, 9.17) is 5.14 Å². The van der Waals surface area contributed by atoms with Gasteiger partial charge in [0.2, 0.25) is 15.8 Å². The highest BCUT2D eigenvalue weighted by atomic mass is 32.2. The van der Waals surface area contributed by atoms with Crippen LogP contribution in [0.5, 0.6) is 0 Å². The Bertz CT molecular complexity index is 1200. The van der Waals surface area contributed by atoms with Gasteiger partial charge in [0, 0.05) is 5.56 Å². The normalized spacial score (nSPS) is 11.9. The lowest BCUT2D eigenvalue weighted by molar-refractivity contribution is 0.487. The van der Waals surface area contributed by atoms with Gasteiger partial charge in [0.1, 0.15) is 23.0 Å². The third kappa shape index (κ3) is 3.27. The number of sulfonamides is 1. The zero-order valence-corrected chi connectivity index (χ0v) is 15.2. The number of hydrogen-bond donors (Lipinski definition) is 1. The number of hydrogen-bond acceptors (Lipinski definition) is 3. The molecule has 1 heterocycles. The molecule has 0 fully saturated rings. The fourth-order valence-corrected chi connectivity index (χ4v) is 3.51. The first kappa shape index (κ1) is 20.0. The van der Waals surface area contributed by atoms with Gasteiger partial charge in [0.25, 0.3) is 5.95 Å². The number of rotatable bonds is 3. The first-order chi connectivity index (χ1) is 12.9. The number of nitrogens with zero attached hydrogens (tertiary/aromatic N) is 2. The van der Waals surface area contributed by atoms with E-state index in [1.807, 2.05) is 0 Å². The number of benzene rings is 2. The summed E-state index contributed by atoms with van der Waals surface area (Å²) in [5.74, 6) is -7.32. The lowest BCUT2D eigenvalue weighted by Crippen LogP contribution is -2.16. The van der Waals surface area contributed by atoms with Crippen LogP contribution in [0, 0.1) is 43.1 Å². The first-order valence-corrected chi connectivity index (χ1v) is 9.19.